The molecule has 1 fully saturated rings. The second-order valence-electron chi connectivity index (χ2n) is 8.21. The summed E-state index contributed by atoms with van der Waals surface area (Å²) < 4.78 is 4.08. The fraction of sp³-hybridized carbons (Fsp3) is 0.250. The molecule has 0 bridgehead atoms. The first-order chi connectivity index (χ1) is 15.3. The van der Waals surface area contributed by atoms with E-state index in [2.05, 4.69) is 26.1 Å². The number of rotatable bonds is 5. The number of benzene rings is 1. The standard InChI is InChI=1S/C24H22N6O/c31-24(18-6-2-1-3-7-18)26-21-13-20-23-19(10-12-29(20)27-21)22(17-8-9-17)28-30(23)15-16-5-4-11-25-14-16/h1-7,11,13-14,17H,8-10,12,15H2,(H,26,27,31). The number of fused-ring (bicyclic) bond motifs is 3. The first-order valence-electron chi connectivity index (χ1n) is 10.7. The van der Waals surface area contributed by atoms with Crippen LogP contribution in [-0.4, -0.2) is 30.5 Å². The molecule has 0 radical (unpaired) electrons. The van der Waals surface area contributed by atoms with Gasteiger partial charge >= 0.3 is 0 Å². The Hall–Kier alpha value is -3.74. The summed E-state index contributed by atoms with van der Waals surface area (Å²) in [6.07, 6.45) is 7.02. The summed E-state index contributed by atoms with van der Waals surface area (Å²) in [6, 6.07) is 15.2. The number of hydrogen-bond donors (Lipinski definition) is 1. The highest BCUT2D eigenvalue weighted by molar-refractivity contribution is 6.03. The van der Waals surface area contributed by atoms with Crippen LogP contribution in [0.25, 0.3) is 11.4 Å². The minimum absolute atomic E-state index is 0.154. The zero-order chi connectivity index (χ0) is 20.8. The fourth-order valence-corrected chi connectivity index (χ4v) is 4.35. The van der Waals surface area contributed by atoms with E-state index in [0.29, 0.717) is 23.8 Å². The van der Waals surface area contributed by atoms with Gasteiger partial charge in [-0.1, -0.05) is 24.3 Å². The van der Waals surface area contributed by atoms with Gasteiger partial charge in [-0.25, -0.2) is 0 Å². The van der Waals surface area contributed by atoms with Gasteiger partial charge in [0.1, 0.15) is 0 Å². The molecule has 1 aromatic carbocycles. The Kier molecular flexibility index (Phi) is 4.19. The van der Waals surface area contributed by atoms with Crippen LogP contribution in [0.15, 0.2) is 60.9 Å². The lowest BCUT2D eigenvalue weighted by molar-refractivity contribution is 0.102. The molecule has 1 saturated carbocycles. The number of nitrogens with one attached hydrogen (secondary N) is 1. The van der Waals surface area contributed by atoms with Crippen LogP contribution in [0.1, 0.15) is 45.9 Å². The number of hydrogen-bond acceptors (Lipinski definition) is 4. The lowest BCUT2D eigenvalue weighted by Crippen LogP contribution is -2.15. The third-order valence-corrected chi connectivity index (χ3v) is 5.97. The Morgan fingerprint density at radius 3 is 2.74 bits per heavy atom. The van der Waals surface area contributed by atoms with E-state index in [4.69, 9.17) is 5.10 Å². The summed E-state index contributed by atoms with van der Waals surface area (Å²) in [6.45, 7) is 1.46. The molecule has 0 unspecified atom stereocenters. The third-order valence-electron chi connectivity index (χ3n) is 5.97. The van der Waals surface area contributed by atoms with Crippen LogP contribution in [0.4, 0.5) is 5.82 Å². The van der Waals surface area contributed by atoms with Crippen LogP contribution >= 0.6 is 0 Å². The zero-order valence-corrected chi connectivity index (χ0v) is 17.0. The minimum Gasteiger partial charge on any atom is -0.305 e. The van der Waals surface area contributed by atoms with E-state index in [1.807, 2.05) is 41.2 Å². The van der Waals surface area contributed by atoms with Crippen molar-refractivity contribution in [3.05, 3.63) is 83.3 Å². The summed E-state index contributed by atoms with van der Waals surface area (Å²) in [5, 5.41) is 12.6. The Balaban J connectivity index is 1.37. The number of pyridine rings is 1. The van der Waals surface area contributed by atoms with Crippen molar-refractivity contribution < 1.29 is 4.79 Å². The number of carbonyl (C=O) groups is 1. The number of aryl methyl sites for hydroxylation is 1. The lowest BCUT2D eigenvalue weighted by Gasteiger charge is -2.16. The molecule has 4 aromatic rings. The van der Waals surface area contributed by atoms with Crippen molar-refractivity contribution in [2.24, 2.45) is 0 Å². The van der Waals surface area contributed by atoms with E-state index in [1.54, 1.807) is 18.3 Å². The Bertz CT molecular complexity index is 1250. The van der Waals surface area contributed by atoms with Gasteiger partial charge in [0.05, 0.1) is 23.6 Å². The summed E-state index contributed by atoms with van der Waals surface area (Å²) in [5.41, 5.74) is 6.43. The van der Waals surface area contributed by atoms with Crippen molar-refractivity contribution in [1.29, 1.82) is 0 Å². The third kappa shape index (κ3) is 3.32. The number of nitrogens with zero attached hydrogens (tertiary/aromatic N) is 5. The molecular formula is C24H22N6O. The molecule has 1 amide bonds. The smallest absolute Gasteiger partial charge is 0.256 e. The van der Waals surface area contributed by atoms with Crippen molar-refractivity contribution in [3.8, 4) is 11.4 Å². The van der Waals surface area contributed by atoms with Crippen LogP contribution in [0.2, 0.25) is 0 Å². The van der Waals surface area contributed by atoms with Crippen molar-refractivity contribution in [1.82, 2.24) is 24.5 Å². The SMILES string of the molecule is O=C(Nc1cc2n(n1)CCc1c(C3CC3)nn(Cc3cccnc3)c1-2)c1ccccc1. The second kappa shape index (κ2) is 7.19. The van der Waals surface area contributed by atoms with E-state index < -0.39 is 0 Å². The molecule has 1 N–H and O–H groups in total. The van der Waals surface area contributed by atoms with Crippen LogP contribution in [0, 0.1) is 0 Å². The van der Waals surface area contributed by atoms with Crippen molar-refractivity contribution >= 4 is 11.7 Å². The normalized spacial score (nSPS) is 14.7. The molecular weight excluding hydrogens is 388 g/mol. The van der Waals surface area contributed by atoms with Gasteiger partial charge in [0.2, 0.25) is 0 Å². The molecule has 7 heteroatoms. The summed E-state index contributed by atoms with van der Waals surface area (Å²) in [7, 11) is 0. The average Bonchev–Trinajstić information content (AvgIpc) is 3.47. The zero-order valence-electron chi connectivity index (χ0n) is 17.0. The maximum atomic E-state index is 12.6. The van der Waals surface area contributed by atoms with E-state index in [0.717, 1.165) is 29.9 Å². The minimum atomic E-state index is -0.154. The predicted molar refractivity (Wildman–Crippen MR) is 117 cm³/mol. The Morgan fingerprint density at radius 2 is 1.97 bits per heavy atom. The van der Waals surface area contributed by atoms with Crippen molar-refractivity contribution in [3.63, 3.8) is 0 Å². The van der Waals surface area contributed by atoms with Crippen LogP contribution in [0.5, 0.6) is 0 Å². The van der Waals surface area contributed by atoms with Crippen LogP contribution in [-0.2, 0) is 19.5 Å². The highest BCUT2D eigenvalue weighted by atomic mass is 16.1. The average molecular weight is 410 g/mol. The number of anilines is 1. The monoisotopic (exact) mass is 410 g/mol. The van der Waals surface area contributed by atoms with E-state index >= 15 is 0 Å². The van der Waals surface area contributed by atoms with Gasteiger partial charge in [-0.2, -0.15) is 10.2 Å². The van der Waals surface area contributed by atoms with Gasteiger partial charge in [-0.3, -0.25) is 19.1 Å². The Labute approximate surface area is 179 Å². The molecule has 31 heavy (non-hydrogen) atoms. The van der Waals surface area contributed by atoms with Gasteiger partial charge in [0, 0.05) is 42.0 Å². The van der Waals surface area contributed by atoms with E-state index in [9.17, 15) is 4.79 Å². The Morgan fingerprint density at radius 1 is 1.10 bits per heavy atom. The molecule has 0 atom stereocenters. The molecule has 0 saturated heterocycles. The van der Waals surface area contributed by atoms with Crippen LogP contribution < -0.4 is 5.32 Å². The molecule has 3 aromatic heterocycles. The fourth-order valence-electron chi connectivity index (χ4n) is 4.35. The molecule has 2 aliphatic rings. The van der Waals surface area contributed by atoms with Crippen molar-refractivity contribution in [2.45, 2.75) is 38.3 Å². The van der Waals surface area contributed by atoms with E-state index in [1.165, 1.54) is 24.1 Å². The lowest BCUT2D eigenvalue weighted by atomic mass is 10.0. The molecule has 7 nitrogen and oxygen atoms in total. The number of aromatic nitrogens is 5. The topological polar surface area (TPSA) is 77.6 Å². The highest BCUT2D eigenvalue weighted by Gasteiger charge is 2.34. The van der Waals surface area contributed by atoms with E-state index in [-0.39, 0.29) is 5.91 Å². The quantitative estimate of drug-likeness (QED) is 0.542. The van der Waals surface area contributed by atoms with Gasteiger partial charge in [-0.15, -0.1) is 0 Å². The molecule has 4 heterocycles. The maximum absolute atomic E-state index is 12.6. The molecule has 6 rings (SSSR count). The molecule has 154 valence electrons. The summed E-state index contributed by atoms with van der Waals surface area (Å²) in [5.74, 6) is 0.994. The molecule has 1 aliphatic carbocycles. The highest BCUT2D eigenvalue weighted by Crippen LogP contribution is 2.45. The van der Waals surface area contributed by atoms with Gasteiger partial charge in [-0.05, 0) is 43.0 Å². The molecule has 0 spiro atoms. The second-order valence-corrected chi connectivity index (χ2v) is 8.21. The number of amides is 1. The summed E-state index contributed by atoms with van der Waals surface area (Å²) >= 11 is 0. The van der Waals surface area contributed by atoms with Crippen molar-refractivity contribution in [2.75, 3.05) is 5.32 Å². The first-order valence-corrected chi connectivity index (χ1v) is 10.7. The maximum Gasteiger partial charge on any atom is 0.256 e. The van der Waals surface area contributed by atoms with Gasteiger partial charge in [0.25, 0.3) is 5.91 Å². The summed E-state index contributed by atoms with van der Waals surface area (Å²) in [4.78, 5) is 16.8. The van der Waals surface area contributed by atoms with Gasteiger partial charge < -0.3 is 5.32 Å². The predicted octanol–water partition coefficient (Wildman–Crippen LogP) is 3.88. The number of carbonyl (C=O) groups excluding carboxylic acids is 1. The molecule has 1 aliphatic heterocycles. The van der Waals surface area contributed by atoms with Crippen LogP contribution in [0.3, 0.4) is 0 Å². The first kappa shape index (κ1) is 18.1. The largest absolute Gasteiger partial charge is 0.305 e. The van der Waals surface area contributed by atoms with Gasteiger partial charge in [0.15, 0.2) is 5.82 Å².